The SMILES string of the molecule is CCCCc1ccc(C#Cc2ccc(C#Cc3ccc4c(F)c(F)c(F)cc4c3)cc2)cc1. The lowest BCUT2D eigenvalue weighted by atomic mass is 10.1. The summed E-state index contributed by atoms with van der Waals surface area (Å²) >= 11 is 0. The first kappa shape index (κ1) is 22.3. The Balaban J connectivity index is 1.47. The molecule has 0 bridgehead atoms. The topological polar surface area (TPSA) is 0 Å². The van der Waals surface area contributed by atoms with Crippen molar-refractivity contribution in [1.82, 2.24) is 0 Å². The van der Waals surface area contributed by atoms with Crippen LogP contribution in [0.1, 0.15) is 47.6 Å². The van der Waals surface area contributed by atoms with E-state index in [2.05, 4.69) is 42.7 Å². The Morgan fingerprint density at radius 1 is 0.606 bits per heavy atom. The monoisotopic (exact) mass is 438 g/mol. The van der Waals surface area contributed by atoms with Crippen molar-refractivity contribution in [2.45, 2.75) is 26.2 Å². The minimum Gasteiger partial charge on any atom is -0.204 e. The van der Waals surface area contributed by atoms with Crippen molar-refractivity contribution in [3.63, 3.8) is 0 Å². The number of unbranched alkanes of at least 4 members (excludes halogenated alkanes) is 1. The van der Waals surface area contributed by atoms with Gasteiger partial charge in [-0.05, 0) is 78.4 Å². The Bertz CT molecular complexity index is 1410. The molecule has 4 aromatic carbocycles. The van der Waals surface area contributed by atoms with E-state index in [0.717, 1.165) is 29.2 Å². The standard InChI is InChI=1S/C30H21F3/c1-2-3-4-21-5-7-22(8-6-21)9-10-23-11-13-24(14-12-23)15-16-25-17-18-27-26(19-25)20-28(31)30(33)29(27)32/h5-8,11-14,17-20H,2-4H2,1H3. The smallest absolute Gasteiger partial charge is 0.195 e. The van der Waals surface area contributed by atoms with Crippen LogP contribution in [0.15, 0.2) is 72.8 Å². The van der Waals surface area contributed by atoms with Crippen LogP contribution in [0.5, 0.6) is 0 Å². The maximum atomic E-state index is 13.9. The maximum absolute atomic E-state index is 13.9. The molecule has 3 heteroatoms. The molecule has 0 aliphatic heterocycles. The summed E-state index contributed by atoms with van der Waals surface area (Å²) in [5.41, 5.74) is 4.56. The van der Waals surface area contributed by atoms with Gasteiger partial charge >= 0.3 is 0 Å². The van der Waals surface area contributed by atoms with Crippen LogP contribution in [-0.2, 0) is 6.42 Å². The quantitative estimate of drug-likeness (QED) is 0.231. The Labute approximate surface area is 192 Å². The third-order valence-corrected chi connectivity index (χ3v) is 5.33. The molecule has 0 atom stereocenters. The molecule has 0 N–H and O–H groups in total. The Hall–Kier alpha value is -3.95. The van der Waals surface area contributed by atoms with Crippen molar-refractivity contribution in [1.29, 1.82) is 0 Å². The summed E-state index contributed by atoms with van der Waals surface area (Å²) in [4.78, 5) is 0. The van der Waals surface area contributed by atoms with Gasteiger partial charge < -0.3 is 0 Å². The summed E-state index contributed by atoms with van der Waals surface area (Å²) in [6, 6.07) is 21.4. The van der Waals surface area contributed by atoms with E-state index in [9.17, 15) is 13.2 Å². The van der Waals surface area contributed by atoms with Crippen molar-refractivity contribution >= 4 is 10.8 Å². The number of benzene rings is 4. The third kappa shape index (κ3) is 5.46. The van der Waals surface area contributed by atoms with E-state index in [0.29, 0.717) is 5.56 Å². The highest BCUT2D eigenvalue weighted by atomic mass is 19.2. The first-order chi connectivity index (χ1) is 16.0. The van der Waals surface area contributed by atoms with Crippen LogP contribution in [-0.4, -0.2) is 0 Å². The molecule has 0 saturated carbocycles. The number of rotatable bonds is 3. The van der Waals surface area contributed by atoms with Crippen molar-refractivity contribution in [3.05, 3.63) is 118 Å². The molecule has 0 nitrogen and oxygen atoms in total. The van der Waals surface area contributed by atoms with Gasteiger partial charge in [-0.3, -0.25) is 0 Å². The number of halogens is 3. The van der Waals surface area contributed by atoms with Gasteiger partial charge in [-0.25, -0.2) is 13.2 Å². The van der Waals surface area contributed by atoms with Crippen LogP contribution < -0.4 is 0 Å². The molecular weight excluding hydrogens is 417 g/mol. The average molecular weight is 438 g/mol. The second-order valence-corrected chi connectivity index (χ2v) is 7.80. The minimum absolute atomic E-state index is 0.0259. The van der Waals surface area contributed by atoms with Crippen molar-refractivity contribution in [3.8, 4) is 23.7 Å². The van der Waals surface area contributed by atoms with E-state index in [1.165, 1.54) is 24.5 Å². The van der Waals surface area contributed by atoms with Gasteiger partial charge in [-0.15, -0.1) is 0 Å². The van der Waals surface area contributed by atoms with Gasteiger partial charge in [0.1, 0.15) is 0 Å². The third-order valence-electron chi connectivity index (χ3n) is 5.33. The fourth-order valence-corrected chi connectivity index (χ4v) is 3.44. The molecule has 0 aliphatic carbocycles. The van der Waals surface area contributed by atoms with Gasteiger partial charge in [-0.1, -0.05) is 55.2 Å². The number of hydrogen-bond donors (Lipinski definition) is 0. The highest BCUT2D eigenvalue weighted by Gasteiger charge is 2.13. The highest BCUT2D eigenvalue weighted by molar-refractivity contribution is 5.84. The van der Waals surface area contributed by atoms with Gasteiger partial charge in [0.15, 0.2) is 17.5 Å². The van der Waals surface area contributed by atoms with Crippen LogP contribution in [0.4, 0.5) is 13.2 Å². The maximum Gasteiger partial charge on any atom is 0.195 e. The molecule has 0 saturated heterocycles. The fraction of sp³-hybridized carbons (Fsp3) is 0.133. The molecule has 0 fully saturated rings. The van der Waals surface area contributed by atoms with Crippen LogP contribution in [0, 0.1) is 41.1 Å². The zero-order chi connectivity index (χ0) is 23.2. The van der Waals surface area contributed by atoms with Crippen LogP contribution in [0.2, 0.25) is 0 Å². The molecule has 0 amide bonds. The summed E-state index contributed by atoms with van der Waals surface area (Å²) in [6.45, 7) is 2.19. The Morgan fingerprint density at radius 3 is 1.70 bits per heavy atom. The van der Waals surface area contributed by atoms with Crippen LogP contribution in [0.3, 0.4) is 0 Å². The van der Waals surface area contributed by atoms with E-state index < -0.39 is 17.5 Å². The summed E-state index contributed by atoms with van der Waals surface area (Å²) in [5, 5.41) is 0.292. The highest BCUT2D eigenvalue weighted by Crippen LogP contribution is 2.24. The van der Waals surface area contributed by atoms with E-state index in [1.54, 1.807) is 12.1 Å². The van der Waals surface area contributed by atoms with E-state index in [4.69, 9.17) is 0 Å². The largest absolute Gasteiger partial charge is 0.204 e. The lowest BCUT2D eigenvalue weighted by molar-refractivity contribution is 0.453. The van der Waals surface area contributed by atoms with Crippen LogP contribution in [0.25, 0.3) is 10.8 Å². The van der Waals surface area contributed by atoms with Gasteiger partial charge in [0, 0.05) is 27.6 Å². The minimum atomic E-state index is -1.46. The Morgan fingerprint density at radius 2 is 1.12 bits per heavy atom. The summed E-state index contributed by atoms with van der Waals surface area (Å²) in [6.07, 6.45) is 3.47. The first-order valence-corrected chi connectivity index (χ1v) is 10.8. The molecule has 0 heterocycles. The molecule has 0 spiro atoms. The number of hydrogen-bond acceptors (Lipinski definition) is 0. The summed E-state index contributed by atoms with van der Waals surface area (Å²) in [7, 11) is 0. The lowest BCUT2D eigenvalue weighted by Gasteiger charge is -2.02. The first-order valence-electron chi connectivity index (χ1n) is 10.8. The van der Waals surface area contributed by atoms with Gasteiger partial charge in [0.25, 0.3) is 0 Å². The molecule has 4 rings (SSSR count). The summed E-state index contributed by atoms with van der Waals surface area (Å²) < 4.78 is 40.7. The van der Waals surface area contributed by atoms with Gasteiger partial charge in [0.2, 0.25) is 0 Å². The molecule has 4 aromatic rings. The predicted octanol–water partition coefficient (Wildman–Crippen LogP) is 7.40. The molecule has 0 unspecified atom stereocenters. The van der Waals surface area contributed by atoms with Gasteiger partial charge in [0.05, 0.1) is 0 Å². The normalized spacial score (nSPS) is 10.3. The van der Waals surface area contributed by atoms with E-state index >= 15 is 0 Å². The zero-order valence-electron chi connectivity index (χ0n) is 18.2. The fourth-order valence-electron chi connectivity index (χ4n) is 3.44. The Kier molecular flexibility index (Phi) is 6.82. The molecule has 33 heavy (non-hydrogen) atoms. The van der Waals surface area contributed by atoms with Crippen molar-refractivity contribution in [2.24, 2.45) is 0 Å². The molecule has 0 radical (unpaired) electrons. The molecule has 0 aliphatic rings. The van der Waals surface area contributed by atoms with E-state index in [-0.39, 0.29) is 10.8 Å². The number of aryl methyl sites for hydroxylation is 1. The van der Waals surface area contributed by atoms with Gasteiger partial charge in [-0.2, -0.15) is 0 Å². The molecular formula is C30H21F3. The van der Waals surface area contributed by atoms with Crippen molar-refractivity contribution < 1.29 is 13.2 Å². The van der Waals surface area contributed by atoms with E-state index in [1.807, 2.05) is 36.4 Å². The number of fused-ring (bicyclic) bond motifs is 1. The predicted molar refractivity (Wildman–Crippen MR) is 127 cm³/mol. The second kappa shape index (κ2) is 10.1. The average Bonchev–Trinajstić information content (AvgIpc) is 2.84. The van der Waals surface area contributed by atoms with Crippen LogP contribution >= 0.6 is 0 Å². The molecule has 162 valence electrons. The van der Waals surface area contributed by atoms with Crippen molar-refractivity contribution in [2.75, 3.05) is 0 Å². The second-order valence-electron chi connectivity index (χ2n) is 7.80. The molecule has 0 aromatic heterocycles. The zero-order valence-corrected chi connectivity index (χ0v) is 18.2. The summed E-state index contributed by atoms with van der Waals surface area (Å²) in [5.74, 6) is 8.48. The lowest BCUT2D eigenvalue weighted by Crippen LogP contribution is -1.92.